The summed E-state index contributed by atoms with van der Waals surface area (Å²) in [7, 11) is 1.45. The van der Waals surface area contributed by atoms with Gasteiger partial charge in [0.05, 0.1) is 24.0 Å². The van der Waals surface area contributed by atoms with Gasteiger partial charge in [0.2, 0.25) is 0 Å². The maximum Gasteiger partial charge on any atom is 0.306 e. The van der Waals surface area contributed by atoms with Crippen LogP contribution in [0.5, 0.6) is 5.75 Å². The van der Waals surface area contributed by atoms with E-state index in [2.05, 4.69) is 5.32 Å². The number of methoxy groups -OCH3 is 1. The topological polar surface area (TPSA) is 102 Å². The number of nitro benzene ring substituents is 1. The zero-order valence-corrected chi connectivity index (χ0v) is 11.0. The Morgan fingerprint density at radius 1 is 1.50 bits per heavy atom. The smallest absolute Gasteiger partial charge is 0.306 e. The zero-order valence-electron chi connectivity index (χ0n) is 11.0. The molecule has 108 valence electrons. The number of hydrogen-bond acceptors (Lipinski definition) is 5. The third-order valence-corrected chi connectivity index (χ3v) is 3.54. The number of anilines is 1. The number of nitrogens with zero attached hydrogens (tertiary/aromatic N) is 1. The van der Waals surface area contributed by atoms with Gasteiger partial charge in [0.25, 0.3) is 5.69 Å². The molecule has 0 spiro atoms. The molecule has 7 heteroatoms. The number of nitro groups is 1. The van der Waals surface area contributed by atoms with E-state index in [1.54, 1.807) is 12.1 Å². The average molecular weight is 280 g/mol. The number of ether oxygens (including phenoxy) is 1. The summed E-state index contributed by atoms with van der Waals surface area (Å²) >= 11 is 0. The van der Waals surface area contributed by atoms with E-state index in [0.29, 0.717) is 30.7 Å². The van der Waals surface area contributed by atoms with Gasteiger partial charge in [-0.2, -0.15) is 0 Å². The van der Waals surface area contributed by atoms with Crippen LogP contribution in [0.1, 0.15) is 19.3 Å². The molecule has 2 N–H and O–H groups in total. The van der Waals surface area contributed by atoms with E-state index in [4.69, 9.17) is 9.84 Å². The van der Waals surface area contributed by atoms with Crippen LogP contribution in [-0.2, 0) is 4.79 Å². The number of hydrogen-bond donors (Lipinski definition) is 2. The summed E-state index contributed by atoms with van der Waals surface area (Å²) in [5.74, 6) is -0.764. The van der Waals surface area contributed by atoms with Gasteiger partial charge in [-0.3, -0.25) is 14.9 Å². The molecule has 0 aliphatic heterocycles. The Kier molecular flexibility index (Phi) is 4.07. The Morgan fingerprint density at radius 3 is 2.80 bits per heavy atom. The molecule has 1 saturated carbocycles. The van der Waals surface area contributed by atoms with Crippen molar-refractivity contribution in [2.45, 2.75) is 25.3 Å². The molecule has 0 saturated heterocycles. The zero-order chi connectivity index (χ0) is 14.7. The van der Waals surface area contributed by atoms with Crippen molar-refractivity contribution in [3.63, 3.8) is 0 Å². The average Bonchev–Trinajstić information content (AvgIpc) is 2.87. The van der Waals surface area contributed by atoms with E-state index in [0.717, 1.165) is 0 Å². The summed E-state index contributed by atoms with van der Waals surface area (Å²) in [5.41, 5.74) is 0.329. The van der Waals surface area contributed by atoms with E-state index >= 15 is 0 Å². The standard InChI is InChI=1S/C13H16N2O5/c1-20-10-4-5-11(12(7-10)15(18)19)14-9-3-2-8(6-9)13(16)17/h4-5,7-9,14H,2-3,6H2,1H3,(H,16,17)/t8-,9+/m1/s1. The number of benzene rings is 1. The lowest BCUT2D eigenvalue weighted by atomic mass is 10.1. The van der Waals surface area contributed by atoms with Crippen molar-refractivity contribution in [2.75, 3.05) is 12.4 Å². The first-order valence-electron chi connectivity index (χ1n) is 6.33. The summed E-state index contributed by atoms with van der Waals surface area (Å²) in [5, 5.41) is 23.1. The summed E-state index contributed by atoms with van der Waals surface area (Å²) in [6.07, 6.45) is 1.77. The summed E-state index contributed by atoms with van der Waals surface area (Å²) in [6.45, 7) is 0. The molecule has 0 unspecified atom stereocenters. The lowest BCUT2D eigenvalue weighted by molar-refractivity contribution is -0.384. The molecule has 0 amide bonds. The second-order valence-electron chi connectivity index (χ2n) is 4.83. The van der Waals surface area contributed by atoms with Crippen LogP contribution in [0.25, 0.3) is 0 Å². The van der Waals surface area contributed by atoms with Crippen LogP contribution >= 0.6 is 0 Å². The van der Waals surface area contributed by atoms with Crippen LogP contribution in [0.4, 0.5) is 11.4 Å². The Labute approximate surface area is 115 Å². The molecule has 0 bridgehead atoms. The first kappa shape index (κ1) is 14.1. The van der Waals surface area contributed by atoms with E-state index in [9.17, 15) is 14.9 Å². The predicted molar refractivity (Wildman–Crippen MR) is 72.0 cm³/mol. The molecule has 1 aromatic carbocycles. The highest BCUT2D eigenvalue weighted by Gasteiger charge is 2.30. The Hall–Kier alpha value is -2.31. The lowest BCUT2D eigenvalue weighted by Gasteiger charge is -2.14. The quantitative estimate of drug-likeness (QED) is 0.633. The highest BCUT2D eigenvalue weighted by molar-refractivity contribution is 5.71. The van der Waals surface area contributed by atoms with Gasteiger partial charge in [0.15, 0.2) is 0 Å². The summed E-state index contributed by atoms with van der Waals surface area (Å²) < 4.78 is 4.97. The van der Waals surface area contributed by atoms with Crippen LogP contribution in [0.15, 0.2) is 18.2 Å². The minimum absolute atomic E-state index is 0.0526. The SMILES string of the molecule is COc1ccc(N[C@H]2CC[C@@H](C(=O)O)C2)c([N+](=O)[O-])c1. The Morgan fingerprint density at radius 2 is 2.25 bits per heavy atom. The van der Waals surface area contributed by atoms with E-state index < -0.39 is 10.9 Å². The van der Waals surface area contributed by atoms with Crippen molar-refractivity contribution in [1.29, 1.82) is 0 Å². The van der Waals surface area contributed by atoms with Gasteiger partial charge in [0.1, 0.15) is 11.4 Å². The van der Waals surface area contributed by atoms with Crippen molar-refractivity contribution in [3.05, 3.63) is 28.3 Å². The largest absolute Gasteiger partial charge is 0.496 e. The van der Waals surface area contributed by atoms with Crippen LogP contribution in [-0.4, -0.2) is 29.2 Å². The lowest BCUT2D eigenvalue weighted by Crippen LogP contribution is -2.18. The van der Waals surface area contributed by atoms with E-state index in [1.165, 1.54) is 13.2 Å². The molecule has 1 aliphatic rings. The van der Waals surface area contributed by atoms with Crippen LogP contribution in [0, 0.1) is 16.0 Å². The molecule has 0 aromatic heterocycles. The van der Waals surface area contributed by atoms with Gasteiger partial charge >= 0.3 is 5.97 Å². The molecule has 1 fully saturated rings. The van der Waals surface area contributed by atoms with E-state index in [-0.39, 0.29) is 17.6 Å². The fraction of sp³-hybridized carbons (Fsp3) is 0.462. The highest BCUT2D eigenvalue weighted by Crippen LogP contribution is 2.33. The normalized spacial score (nSPS) is 21.4. The second-order valence-corrected chi connectivity index (χ2v) is 4.83. The molecule has 0 heterocycles. The number of carbonyl (C=O) groups is 1. The second kappa shape index (κ2) is 5.77. The number of aliphatic carboxylic acids is 1. The molecule has 1 aromatic rings. The number of rotatable bonds is 5. The van der Waals surface area contributed by atoms with E-state index in [1.807, 2.05) is 0 Å². The van der Waals surface area contributed by atoms with Crippen molar-refractivity contribution in [3.8, 4) is 5.75 Å². The molecule has 2 rings (SSSR count). The number of carboxylic acids is 1. The molecule has 20 heavy (non-hydrogen) atoms. The third kappa shape index (κ3) is 2.98. The molecular weight excluding hydrogens is 264 g/mol. The molecule has 7 nitrogen and oxygen atoms in total. The van der Waals surface area contributed by atoms with Crippen LogP contribution in [0.3, 0.4) is 0 Å². The third-order valence-electron chi connectivity index (χ3n) is 3.54. The van der Waals surface area contributed by atoms with Gasteiger partial charge in [-0.1, -0.05) is 0 Å². The minimum atomic E-state index is -0.807. The Bertz CT molecular complexity index is 531. The molecule has 2 atom stereocenters. The van der Waals surface area contributed by atoms with Crippen LogP contribution < -0.4 is 10.1 Å². The van der Waals surface area contributed by atoms with Crippen molar-refractivity contribution < 1.29 is 19.6 Å². The van der Waals surface area contributed by atoms with Gasteiger partial charge in [0, 0.05) is 6.04 Å². The van der Waals surface area contributed by atoms with Gasteiger partial charge in [-0.15, -0.1) is 0 Å². The fourth-order valence-electron chi connectivity index (χ4n) is 2.47. The van der Waals surface area contributed by atoms with Crippen molar-refractivity contribution in [2.24, 2.45) is 5.92 Å². The van der Waals surface area contributed by atoms with Crippen molar-refractivity contribution >= 4 is 17.3 Å². The molecular formula is C13H16N2O5. The summed E-state index contributed by atoms with van der Waals surface area (Å²) in [6, 6.07) is 4.53. The molecule has 1 aliphatic carbocycles. The first-order valence-corrected chi connectivity index (χ1v) is 6.33. The van der Waals surface area contributed by atoms with Crippen molar-refractivity contribution in [1.82, 2.24) is 0 Å². The van der Waals surface area contributed by atoms with Gasteiger partial charge in [-0.25, -0.2) is 0 Å². The highest BCUT2D eigenvalue weighted by atomic mass is 16.6. The van der Waals surface area contributed by atoms with Crippen LogP contribution in [0.2, 0.25) is 0 Å². The monoisotopic (exact) mass is 280 g/mol. The first-order chi connectivity index (χ1) is 9.51. The Balaban J connectivity index is 2.13. The van der Waals surface area contributed by atoms with Gasteiger partial charge < -0.3 is 15.2 Å². The predicted octanol–water partition coefficient (Wildman–Crippen LogP) is 2.27. The fourth-order valence-corrected chi connectivity index (χ4v) is 2.47. The molecule has 0 radical (unpaired) electrons. The maximum atomic E-state index is 11.1. The number of carboxylic acid groups (broad SMARTS) is 1. The summed E-state index contributed by atoms with van der Waals surface area (Å²) in [4.78, 5) is 21.5. The number of nitrogens with one attached hydrogen (secondary N) is 1. The van der Waals surface area contributed by atoms with Gasteiger partial charge in [-0.05, 0) is 31.4 Å². The minimum Gasteiger partial charge on any atom is -0.496 e. The maximum absolute atomic E-state index is 11.1.